The van der Waals surface area contributed by atoms with Crippen molar-refractivity contribution in [3.05, 3.63) is 0 Å². The number of nitrogens with one attached hydrogen (secondary N) is 3. The zero-order chi connectivity index (χ0) is 26.3. The Hall–Kier alpha value is -1.49. The molecule has 0 saturated carbocycles. The van der Waals surface area contributed by atoms with E-state index in [9.17, 15) is 19.2 Å². The fourth-order valence-electron chi connectivity index (χ4n) is 3.16. The zero-order valence-corrected chi connectivity index (χ0v) is 22.6. The third kappa shape index (κ3) is 11.8. The van der Waals surface area contributed by atoms with Gasteiger partial charge in [-0.1, -0.05) is 48.7 Å². The molecule has 0 aromatic carbocycles. The molecule has 0 spiro atoms. The van der Waals surface area contributed by atoms with Crippen molar-refractivity contribution >= 4 is 58.7 Å². The molecule has 0 aliphatic carbocycles. The molecule has 1 heterocycles. The third-order valence-corrected chi connectivity index (χ3v) is 5.03. The van der Waals surface area contributed by atoms with Gasteiger partial charge in [0, 0.05) is 12.6 Å². The number of carbonyl (C=O) groups excluding carboxylic acids is 4. The maximum absolute atomic E-state index is 12.9. The maximum Gasteiger partial charge on any atom is 0.408 e. The Morgan fingerprint density at radius 2 is 1.71 bits per heavy atom. The molecule has 1 saturated heterocycles. The van der Waals surface area contributed by atoms with Gasteiger partial charge in [0.25, 0.3) is 5.91 Å². The minimum absolute atomic E-state index is 0.0134. The molecule has 196 valence electrons. The van der Waals surface area contributed by atoms with Crippen LogP contribution in [0.4, 0.5) is 4.79 Å². The van der Waals surface area contributed by atoms with E-state index in [0.717, 1.165) is 0 Å². The van der Waals surface area contributed by atoms with Gasteiger partial charge in [-0.2, -0.15) is 0 Å². The highest BCUT2D eigenvalue weighted by Crippen LogP contribution is 2.26. The average Bonchev–Trinajstić information content (AvgIpc) is 2.68. The number of halogens is 3. The summed E-state index contributed by atoms with van der Waals surface area (Å²) in [6.45, 7) is 10.3. The van der Waals surface area contributed by atoms with Crippen molar-refractivity contribution in [1.29, 1.82) is 0 Å². The summed E-state index contributed by atoms with van der Waals surface area (Å²) in [7, 11) is 0. The van der Waals surface area contributed by atoms with Gasteiger partial charge in [0.2, 0.25) is 9.70 Å². The van der Waals surface area contributed by atoms with Crippen molar-refractivity contribution < 1.29 is 28.7 Å². The quantitative estimate of drug-likeness (QED) is 0.316. The second-order valence-corrected chi connectivity index (χ2v) is 12.1. The molecule has 3 amide bonds. The van der Waals surface area contributed by atoms with E-state index in [4.69, 9.17) is 44.3 Å². The van der Waals surface area contributed by atoms with Crippen LogP contribution in [0.2, 0.25) is 0 Å². The molecule has 3 N–H and O–H groups in total. The fourth-order valence-corrected chi connectivity index (χ4v) is 3.32. The molecule has 34 heavy (non-hydrogen) atoms. The molecule has 0 radical (unpaired) electrons. The smallest absolute Gasteiger partial charge is 0.408 e. The largest absolute Gasteiger partial charge is 0.461 e. The van der Waals surface area contributed by atoms with Gasteiger partial charge in [0.1, 0.15) is 24.3 Å². The molecular weight excluding hydrogens is 511 g/mol. The summed E-state index contributed by atoms with van der Waals surface area (Å²) in [5.74, 6) is -1.70. The lowest BCUT2D eigenvalue weighted by Crippen LogP contribution is -2.60. The average molecular weight is 546 g/mol. The van der Waals surface area contributed by atoms with Gasteiger partial charge in [0.05, 0.1) is 6.42 Å². The highest BCUT2D eigenvalue weighted by molar-refractivity contribution is 6.67. The van der Waals surface area contributed by atoms with Crippen LogP contribution in [0, 0.1) is 5.92 Å². The highest BCUT2D eigenvalue weighted by atomic mass is 35.6. The molecule has 0 unspecified atom stereocenters. The van der Waals surface area contributed by atoms with E-state index in [1.54, 1.807) is 41.5 Å². The number of alkyl halides is 3. The van der Waals surface area contributed by atoms with E-state index in [1.165, 1.54) is 5.01 Å². The van der Waals surface area contributed by atoms with Crippen LogP contribution in [0.15, 0.2) is 0 Å². The number of hydrazine groups is 1. The summed E-state index contributed by atoms with van der Waals surface area (Å²) in [6, 6.07) is -2.11. The minimum atomic E-state index is -1.70. The second-order valence-electron chi connectivity index (χ2n) is 9.54. The highest BCUT2D eigenvalue weighted by Gasteiger charge is 2.32. The molecule has 1 aliphatic rings. The van der Waals surface area contributed by atoms with Crippen LogP contribution in [-0.4, -0.2) is 69.6 Å². The van der Waals surface area contributed by atoms with Crippen LogP contribution < -0.4 is 16.1 Å². The lowest BCUT2D eigenvalue weighted by molar-refractivity contribution is -0.147. The number of carbonyl (C=O) groups is 4. The molecule has 1 aliphatic heterocycles. The van der Waals surface area contributed by atoms with E-state index in [1.807, 2.05) is 0 Å². The summed E-state index contributed by atoms with van der Waals surface area (Å²) in [4.78, 5) is 49.8. The van der Waals surface area contributed by atoms with Crippen LogP contribution in [0.25, 0.3) is 0 Å². The Bertz CT molecular complexity index is 739. The number of nitrogens with zero attached hydrogens (tertiary/aromatic N) is 1. The second kappa shape index (κ2) is 13.0. The Labute approximate surface area is 215 Å². The van der Waals surface area contributed by atoms with Gasteiger partial charge in [-0.25, -0.2) is 10.2 Å². The standard InChI is InChI=1S/C21H35Cl3N4O6/c1-12(2)16(26-19(32)34-20(4,5)6)17(30)25-13(3)18(31)28-9-7-8-14(27-28)10-15(29)33-11-21(22,23)24/h12-14,16,27H,7-11H2,1-6H3,(H,25,30)(H,26,32)/t13-,14-,16-/m0/s1. The van der Waals surface area contributed by atoms with Gasteiger partial charge >= 0.3 is 12.1 Å². The number of esters is 1. The number of hydrogen-bond donors (Lipinski definition) is 3. The first-order valence-electron chi connectivity index (χ1n) is 11.1. The van der Waals surface area contributed by atoms with Crippen molar-refractivity contribution in [2.45, 2.75) is 88.3 Å². The molecule has 0 aromatic rings. The molecular formula is C21H35Cl3N4O6. The van der Waals surface area contributed by atoms with Gasteiger partial charge in [-0.05, 0) is 46.5 Å². The van der Waals surface area contributed by atoms with Crippen LogP contribution in [-0.2, 0) is 23.9 Å². The first kappa shape index (κ1) is 30.5. The summed E-state index contributed by atoms with van der Waals surface area (Å²) in [6.07, 6.45) is 0.558. The lowest BCUT2D eigenvalue weighted by Gasteiger charge is -2.35. The molecule has 10 nitrogen and oxygen atoms in total. The van der Waals surface area contributed by atoms with Crippen molar-refractivity contribution in [1.82, 2.24) is 21.1 Å². The lowest BCUT2D eigenvalue weighted by atomic mass is 10.0. The van der Waals surface area contributed by atoms with E-state index in [0.29, 0.717) is 19.4 Å². The zero-order valence-electron chi connectivity index (χ0n) is 20.4. The predicted octanol–water partition coefficient (Wildman–Crippen LogP) is 2.84. The first-order valence-corrected chi connectivity index (χ1v) is 12.2. The van der Waals surface area contributed by atoms with Gasteiger partial charge in [-0.15, -0.1) is 0 Å². The molecule has 0 bridgehead atoms. The van der Waals surface area contributed by atoms with Crippen molar-refractivity contribution in [2.75, 3.05) is 13.2 Å². The van der Waals surface area contributed by atoms with Gasteiger partial charge < -0.3 is 20.1 Å². The molecule has 13 heteroatoms. The maximum atomic E-state index is 12.9. The number of hydrogen-bond acceptors (Lipinski definition) is 7. The minimum Gasteiger partial charge on any atom is -0.461 e. The SMILES string of the molecule is CC(C)[C@H](NC(=O)OC(C)(C)C)C(=O)N[C@@H](C)C(=O)N1CCC[C@@H](CC(=O)OCC(Cl)(Cl)Cl)N1. The molecule has 1 rings (SSSR count). The van der Waals surface area contributed by atoms with Crippen LogP contribution >= 0.6 is 34.8 Å². The summed E-state index contributed by atoms with van der Waals surface area (Å²) < 4.78 is 8.46. The third-order valence-electron chi connectivity index (χ3n) is 4.70. The number of rotatable bonds is 8. The Morgan fingerprint density at radius 3 is 2.24 bits per heavy atom. The number of ether oxygens (including phenoxy) is 2. The molecule has 0 aromatic heterocycles. The Balaban J connectivity index is 2.65. The van der Waals surface area contributed by atoms with Crippen LogP contribution in [0.3, 0.4) is 0 Å². The molecule has 1 fully saturated rings. The van der Waals surface area contributed by atoms with Crippen LogP contribution in [0.1, 0.15) is 60.8 Å². The van der Waals surface area contributed by atoms with Gasteiger partial charge in [-0.3, -0.25) is 19.4 Å². The van der Waals surface area contributed by atoms with E-state index >= 15 is 0 Å². The Kier molecular flexibility index (Phi) is 11.7. The van der Waals surface area contributed by atoms with E-state index in [-0.39, 0.29) is 30.9 Å². The monoisotopic (exact) mass is 544 g/mol. The first-order chi connectivity index (χ1) is 15.5. The summed E-state index contributed by atoms with van der Waals surface area (Å²) >= 11 is 16.7. The number of amides is 3. The van der Waals surface area contributed by atoms with E-state index < -0.39 is 39.4 Å². The normalized spacial score (nSPS) is 18.6. The topological polar surface area (TPSA) is 126 Å². The van der Waals surface area contributed by atoms with Gasteiger partial charge in [0.15, 0.2) is 0 Å². The fraction of sp³-hybridized carbons (Fsp3) is 0.810. The van der Waals surface area contributed by atoms with Crippen molar-refractivity contribution in [3.63, 3.8) is 0 Å². The predicted molar refractivity (Wildman–Crippen MR) is 129 cm³/mol. The van der Waals surface area contributed by atoms with Crippen molar-refractivity contribution in [3.8, 4) is 0 Å². The van der Waals surface area contributed by atoms with Crippen LogP contribution in [0.5, 0.6) is 0 Å². The Morgan fingerprint density at radius 1 is 1.09 bits per heavy atom. The summed E-state index contributed by atoms with van der Waals surface area (Å²) in [5.41, 5.74) is 2.28. The number of alkyl carbamates (subject to hydrolysis) is 1. The molecule has 3 atom stereocenters. The summed E-state index contributed by atoms with van der Waals surface area (Å²) in [5, 5.41) is 6.57. The van der Waals surface area contributed by atoms with E-state index in [2.05, 4.69) is 16.1 Å². The van der Waals surface area contributed by atoms with Crippen molar-refractivity contribution in [2.24, 2.45) is 5.92 Å².